The molecule has 2 atom stereocenters. The van der Waals surface area contributed by atoms with Crippen molar-refractivity contribution >= 4 is 56.5 Å². The number of carbonyl (C=O) groups excluding carboxylic acids is 3. The van der Waals surface area contributed by atoms with E-state index < -0.39 is 58.0 Å². The number of nitriles is 2. The first kappa shape index (κ1) is 37.1. The molecule has 16 heteroatoms. The van der Waals surface area contributed by atoms with Crippen LogP contribution in [0.1, 0.15) is 55.5 Å². The van der Waals surface area contributed by atoms with Crippen molar-refractivity contribution in [3.63, 3.8) is 0 Å². The predicted molar refractivity (Wildman–Crippen MR) is 184 cm³/mol. The molecule has 15 nitrogen and oxygen atoms in total. The van der Waals surface area contributed by atoms with Gasteiger partial charge in [0.25, 0.3) is 15.9 Å². The van der Waals surface area contributed by atoms with Crippen LogP contribution in [0.3, 0.4) is 0 Å². The molecule has 4 rings (SSSR count). The standard InChI is InChI=1S/C34H37N7O8S/c1-20-15-24(41(21(2)17-35)22(3)18-36)12-13-25(20)37-31(33(43)39-27-16-23(34(44)49-6)11-14-28(27)47-4)32-38-26-9-7-8-10-29(26)50(45,46)40(32)19-30(42)48-5/h11-16,21-22H,7-10,19H2,1-6H3,(H,39,43). The Morgan fingerprint density at radius 1 is 1.02 bits per heavy atom. The van der Waals surface area contributed by atoms with E-state index in [1.807, 2.05) is 0 Å². The van der Waals surface area contributed by atoms with Gasteiger partial charge in [-0.3, -0.25) is 9.59 Å². The largest absolute Gasteiger partial charge is 0.495 e. The number of rotatable bonds is 11. The van der Waals surface area contributed by atoms with Crippen molar-refractivity contribution in [2.45, 2.75) is 58.5 Å². The third kappa shape index (κ3) is 7.61. The molecule has 0 bridgehead atoms. The molecule has 1 aliphatic heterocycles. The molecule has 50 heavy (non-hydrogen) atoms. The summed E-state index contributed by atoms with van der Waals surface area (Å²) in [7, 11) is -0.669. The number of aryl methyl sites for hydroxylation is 1. The Morgan fingerprint density at radius 3 is 2.30 bits per heavy atom. The molecular formula is C34H37N7O8S. The lowest BCUT2D eigenvalue weighted by atomic mass is 10.0. The molecule has 0 fully saturated rings. The normalized spacial score (nSPS) is 16.4. The molecule has 1 N–H and O–H groups in total. The average Bonchev–Trinajstić information content (AvgIpc) is 3.11. The number of benzene rings is 2. The van der Waals surface area contributed by atoms with Gasteiger partial charge in [-0.15, -0.1) is 0 Å². The summed E-state index contributed by atoms with van der Waals surface area (Å²) < 4.78 is 43.8. The van der Waals surface area contributed by atoms with E-state index in [0.29, 0.717) is 30.5 Å². The van der Waals surface area contributed by atoms with Crippen LogP contribution in [0.4, 0.5) is 17.1 Å². The van der Waals surface area contributed by atoms with Crippen LogP contribution < -0.4 is 15.0 Å². The molecule has 2 aromatic carbocycles. The van der Waals surface area contributed by atoms with Crippen LogP contribution >= 0.6 is 0 Å². The highest BCUT2D eigenvalue weighted by atomic mass is 32.2. The maximum absolute atomic E-state index is 14.3. The summed E-state index contributed by atoms with van der Waals surface area (Å²) in [5.41, 5.74) is 1.21. The molecule has 1 aliphatic carbocycles. The van der Waals surface area contributed by atoms with Gasteiger partial charge in [-0.1, -0.05) is 0 Å². The maximum Gasteiger partial charge on any atom is 0.337 e. The Morgan fingerprint density at radius 2 is 1.70 bits per heavy atom. The van der Waals surface area contributed by atoms with Crippen LogP contribution in [0.5, 0.6) is 5.75 Å². The lowest BCUT2D eigenvalue weighted by molar-refractivity contribution is -0.140. The number of ether oxygens (including phenoxy) is 3. The van der Waals surface area contributed by atoms with E-state index in [9.17, 15) is 33.3 Å². The number of esters is 2. The van der Waals surface area contributed by atoms with E-state index in [1.165, 1.54) is 32.4 Å². The monoisotopic (exact) mass is 703 g/mol. The van der Waals surface area contributed by atoms with Crippen LogP contribution in [0.25, 0.3) is 0 Å². The molecule has 262 valence electrons. The molecular weight excluding hydrogens is 666 g/mol. The summed E-state index contributed by atoms with van der Waals surface area (Å²) in [5, 5.41) is 21.9. The zero-order valence-electron chi connectivity index (χ0n) is 28.5. The van der Waals surface area contributed by atoms with Gasteiger partial charge in [0.1, 0.15) is 24.4 Å². The zero-order chi connectivity index (χ0) is 36.7. The molecule has 0 saturated carbocycles. The number of carbonyl (C=O) groups is 3. The number of amidine groups is 1. The molecule has 2 unspecified atom stereocenters. The number of sulfonamides is 1. The van der Waals surface area contributed by atoms with Crippen LogP contribution in [0.15, 0.2) is 57.0 Å². The van der Waals surface area contributed by atoms with Gasteiger partial charge in [0.2, 0.25) is 0 Å². The molecule has 1 amide bonds. The average molecular weight is 704 g/mol. The first-order valence-electron chi connectivity index (χ1n) is 15.6. The lowest BCUT2D eigenvalue weighted by Gasteiger charge is -2.32. The van der Waals surface area contributed by atoms with Crippen molar-refractivity contribution in [1.82, 2.24) is 4.31 Å². The molecule has 2 aliphatic rings. The molecule has 0 aromatic heterocycles. The second-order valence-corrected chi connectivity index (χ2v) is 13.3. The van der Waals surface area contributed by atoms with Crippen molar-refractivity contribution in [2.24, 2.45) is 9.98 Å². The van der Waals surface area contributed by atoms with E-state index in [0.717, 1.165) is 11.4 Å². The second-order valence-electron chi connectivity index (χ2n) is 11.4. The van der Waals surface area contributed by atoms with Crippen LogP contribution in [0, 0.1) is 29.6 Å². The zero-order valence-corrected chi connectivity index (χ0v) is 29.3. The van der Waals surface area contributed by atoms with Crippen molar-refractivity contribution in [3.8, 4) is 17.9 Å². The van der Waals surface area contributed by atoms with Gasteiger partial charge >= 0.3 is 11.9 Å². The quantitative estimate of drug-likeness (QED) is 0.260. The number of allylic oxidation sites excluding steroid dienone is 2. The minimum Gasteiger partial charge on any atom is -0.495 e. The van der Waals surface area contributed by atoms with E-state index in [2.05, 4.69) is 27.4 Å². The van der Waals surface area contributed by atoms with Crippen molar-refractivity contribution < 1.29 is 37.0 Å². The summed E-state index contributed by atoms with van der Waals surface area (Å²) in [6, 6.07) is 12.1. The lowest BCUT2D eigenvalue weighted by Crippen LogP contribution is -2.50. The highest BCUT2D eigenvalue weighted by Gasteiger charge is 2.42. The van der Waals surface area contributed by atoms with Crippen molar-refractivity contribution in [2.75, 3.05) is 38.1 Å². The first-order valence-corrected chi connectivity index (χ1v) is 17.0. The molecule has 0 saturated heterocycles. The van der Waals surface area contributed by atoms with Crippen LogP contribution in [-0.4, -0.2) is 82.1 Å². The number of amides is 1. The van der Waals surface area contributed by atoms with Gasteiger partial charge in [0, 0.05) is 5.69 Å². The van der Waals surface area contributed by atoms with Gasteiger partial charge in [-0.25, -0.2) is 27.5 Å². The number of nitrogens with one attached hydrogen (secondary N) is 1. The third-order valence-electron chi connectivity index (χ3n) is 8.18. The maximum atomic E-state index is 14.3. The number of anilines is 2. The summed E-state index contributed by atoms with van der Waals surface area (Å²) in [4.78, 5) is 50.2. The SMILES string of the molecule is COC(=O)CN1C(C(=Nc2ccc(N(C(C)C#N)C(C)C#N)cc2C)C(=O)Nc2cc(C(=O)OC)ccc2OC)=NC2=C(CCCC2)S1(=O)=O. The molecule has 1 heterocycles. The number of nitrogens with zero attached hydrogens (tertiary/aromatic N) is 6. The van der Waals surface area contributed by atoms with Crippen LogP contribution in [-0.2, 0) is 29.1 Å². The summed E-state index contributed by atoms with van der Waals surface area (Å²) in [6.07, 6.45) is 1.80. The fourth-order valence-corrected chi connectivity index (χ4v) is 7.33. The van der Waals surface area contributed by atoms with Gasteiger partial charge in [-0.05, 0) is 88.4 Å². The number of aliphatic imine (C=N–C) groups is 2. The predicted octanol–water partition coefficient (Wildman–Crippen LogP) is 4.13. The number of methoxy groups -OCH3 is 3. The Kier molecular flexibility index (Phi) is 11.6. The van der Waals surface area contributed by atoms with E-state index in [1.54, 1.807) is 43.9 Å². The highest BCUT2D eigenvalue weighted by molar-refractivity contribution is 7.93. The fourth-order valence-electron chi connectivity index (χ4n) is 5.59. The summed E-state index contributed by atoms with van der Waals surface area (Å²) in [5.74, 6) is -2.74. The third-order valence-corrected chi connectivity index (χ3v) is 10.1. The molecule has 0 radical (unpaired) electrons. The smallest absolute Gasteiger partial charge is 0.337 e. The fraction of sp³-hybridized carbons (Fsp3) is 0.382. The topological polar surface area (TPSA) is 204 Å². The molecule has 2 aromatic rings. The van der Waals surface area contributed by atoms with Crippen molar-refractivity contribution in [3.05, 3.63) is 58.1 Å². The molecule has 0 spiro atoms. The van der Waals surface area contributed by atoms with E-state index in [-0.39, 0.29) is 39.7 Å². The summed E-state index contributed by atoms with van der Waals surface area (Å²) >= 11 is 0. The Hall–Kier alpha value is -5.74. The number of hydrogen-bond acceptors (Lipinski definition) is 13. The second kappa shape index (κ2) is 15.7. The van der Waals surface area contributed by atoms with Crippen molar-refractivity contribution in [1.29, 1.82) is 10.5 Å². The van der Waals surface area contributed by atoms with Gasteiger partial charge in [0.05, 0.1) is 61.0 Å². The Labute approximate surface area is 290 Å². The van der Waals surface area contributed by atoms with Gasteiger partial charge in [0.15, 0.2) is 11.5 Å². The van der Waals surface area contributed by atoms with E-state index >= 15 is 0 Å². The highest BCUT2D eigenvalue weighted by Crippen LogP contribution is 2.36. The Bertz CT molecular complexity index is 1970. The van der Waals surface area contributed by atoms with E-state index in [4.69, 9.17) is 14.2 Å². The van der Waals surface area contributed by atoms with Gasteiger partial charge in [-0.2, -0.15) is 10.5 Å². The Balaban J connectivity index is 1.95. The summed E-state index contributed by atoms with van der Waals surface area (Å²) in [6.45, 7) is 4.23. The van der Waals surface area contributed by atoms with Crippen LogP contribution in [0.2, 0.25) is 0 Å². The number of hydrogen-bond donors (Lipinski definition) is 1. The first-order chi connectivity index (χ1) is 23.8. The minimum atomic E-state index is -4.34. The minimum absolute atomic E-state index is 0.0446. The van der Waals surface area contributed by atoms with Gasteiger partial charge < -0.3 is 24.4 Å².